The third-order valence-corrected chi connectivity index (χ3v) is 8.14. The first-order valence-corrected chi connectivity index (χ1v) is 15.8. The molecule has 5 unspecified atom stereocenters. The molecule has 4 heterocycles. The molecule has 15 nitrogen and oxygen atoms in total. The van der Waals surface area contributed by atoms with Crippen molar-refractivity contribution in [1.29, 1.82) is 0 Å². The van der Waals surface area contributed by atoms with E-state index in [9.17, 15) is 14.4 Å². The summed E-state index contributed by atoms with van der Waals surface area (Å²) in [7, 11) is 1.26. The first-order chi connectivity index (χ1) is 23.5. The number of benzene rings is 2. The highest BCUT2D eigenvalue weighted by Gasteiger charge is 2.56. The Labute approximate surface area is 282 Å². The van der Waals surface area contributed by atoms with Gasteiger partial charge in [-0.3, -0.25) is 4.57 Å². The van der Waals surface area contributed by atoms with E-state index in [0.29, 0.717) is 34.8 Å². The molecule has 2 N–H and O–H groups in total. The van der Waals surface area contributed by atoms with Crippen LogP contribution in [0, 0.1) is 5.92 Å². The Kier molecular flexibility index (Phi) is 9.76. The van der Waals surface area contributed by atoms with E-state index < -0.39 is 54.4 Å². The summed E-state index contributed by atoms with van der Waals surface area (Å²) >= 11 is 0. The Morgan fingerprint density at radius 1 is 0.980 bits per heavy atom. The van der Waals surface area contributed by atoms with Gasteiger partial charge in [0.15, 0.2) is 29.0 Å². The lowest BCUT2D eigenvalue weighted by Crippen LogP contribution is -2.46. The number of nitrogens with zero attached hydrogens (tertiary/aromatic N) is 4. The lowest BCUT2D eigenvalue weighted by molar-refractivity contribution is -0.199. The average Bonchev–Trinajstić information content (AvgIpc) is 3.76. The van der Waals surface area contributed by atoms with Crippen LogP contribution >= 0.6 is 0 Å². The van der Waals surface area contributed by atoms with Crippen LogP contribution in [0.25, 0.3) is 11.2 Å². The molecule has 0 radical (unpaired) electrons. The number of fused-ring (bicyclic) bond motifs is 2. The number of methoxy groups -OCH3 is 1. The molecular formula is C34H38N6O9. The number of aromatic nitrogens is 4. The predicted molar refractivity (Wildman–Crippen MR) is 173 cm³/mol. The van der Waals surface area contributed by atoms with Crippen LogP contribution in [-0.2, 0) is 35.0 Å². The SMILES string of the molecule is COC(=O)C(NC(=O)OCC1OC(n2cnc3c(NCc4ccc(OC(=O)c5ccccc5)cc4)ncnc32)C2OC(C)(C)OC12)C(C)C. The number of imidazole rings is 1. The molecule has 0 aliphatic carbocycles. The van der Waals surface area contributed by atoms with Crippen LogP contribution in [0.4, 0.5) is 10.6 Å². The minimum Gasteiger partial charge on any atom is -0.467 e. The van der Waals surface area contributed by atoms with E-state index in [4.69, 9.17) is 28.4 Å². The summed E-state index contributed by atoms with van der Waals surface area (Å²) in [4.78, 5) is 50.5. The quantitative estimate of drug-likeness (QED) is 0.173. The molecule has 2 aliphatic rings. The maximum atomic E-state index is 12.6. The largest absolute Gasteiger partial charge is 0.467 e. The van der Waals surface area contributed by atoms with E-state index in [1.165, 1.54) is 13.4 Å². The molecule has 15 heteroatoms. The minimum atomic E-state index is -0.918. The van der Waals surface area contributed by atoms with Gasteiger partial charge in [0.1, 0.15) is 43.0 Å². The van der Waals surface area contributed by atoms with Crippen LogP contribution in [0.1, 0.15) is 49.8 Å². The highest BCUT2D eigenvalue weighted by molar-refractivity contribution is 5.91. The zero-order valence-electron chi connectivity index (χ0n) is 27.7. The van der Waals surface area contributed by atoms with Gasteiger partial charge in [-0.25, -0.2) is 29.3 Å². The normalized spacial score (nSPS) is 21.6. The van der Waals surface area contributed by atoms with Crippen LogP contribution < -0.4 is 15.4 Å². The number of carbonyl (C=O) groups excluding carboxylic acids is 3. The molecule has 2 saturated heterocycles. The molecule has 2 aliphatic heterocycles. The topological polar surface area (TPSA) is 174 Å². The zero-order valence-corrected chi connectivity index (χ0v) is 27.7. The molecule has 5 atom stereocenters. The molecule has 49 heavy (non-hydrogen) atoms. The van der Waals surface area contributed by atoms with Gasteiger partial charge in [0.2, 0.25) is 0 Å². The standard InChI is InChI=1S/C34H38N6O9/c1-19(2)24(32(42)44-5)39-33(43)45-16-23-26-27(49-34(3,4)48-26)30(47-23)40-18-38-25-28(36-17-37-29(25)40)35-15-20-11-13-22(14-12-20)46-31(41)21-9-7-6-8-10-21/h6-14,17-19,23-24,26-27,30H,15-16H2,1-5H3,(H,39,43)(H,35,36,37). The lowest BCUT2D eigenvalue weighted by atomic mass is 10.1. The number of amides is 1. The third-order valence-electron chi connectivity index (χ3n) is 8.14. The first-order valence-electron chi connectivity index (χ1n) is 15.8. The summed E-state index contributed by atoms with van der Waals surface area (Å²) in [5.41, 5.74) is 2.40. The van der Waals surface area contributed by atoms with Crippen molar-refractivity contribution >= 4 is 35.0 Å². The number of anilines is 1. The van der Waals surface area contributed by atoms with E-state index in [1.807, 2.05) is 18.2 Å². The van der Waals surface area contributed by atoms with Crippen molar-refractivity contribution in [3.8, 4) is 5.75 Å². The molecule has 4 aromatic rings. The predicted octanol–water partition coefficient (Wildman–Crippen LogP) is 4.00. The monoisotopic (exact) mass is 674 g/mol. The Bertz CT molecular complexity index is 1800. The molecular weight excluding hydrogens is 636 g/mol. The van der Waals surface area contributed by atoms with Crippen molar-refractivity contribution in [3.63, 3.8) is 0 Å². The number of esters is 2. The Morgan fingerprint density at radius 3 is 2.43 bits per heavy atom. The van der Waals surface area contributed by atoms with E-state index in [-0.39, 0.29) is 12.5 Å². The van der Waals surface area contributed by atoms with Crippen molar-refractivity contribution in [2.45, 2.75) is 70.6 Å². The van der Waals surface area contributed by atoms with Crippen molar-refractivity contribution in [2.24, 2.45) is 5.92 Å². The Morgan fingerprint density at radius 2 is 1.71 bits per heavy atom. The highest BCUT2D eigenvalue weighted by Crippen LogP contribution is 2.44. The summed E-state index contributed by atoms with van der Waals surface area (Å²) in [6.07, 6.45) is -0.300. The van der Waals surface area contributed by atoms with E-state index in [2.05, 4.69) is 25.6 Å². The van der Waals surface area contributed by atoms with E-state index in [0.717, 1.165) is 5.56 Å². The molecule has 0 bridgehead atoms. The first kappa shape index (κ1) is 33.8. The molecule has 0 saturated carbocycles. The van der Waals surface area contributed by atoms with Gasteiger partial charge in [0.25, 0.3) is 0 Å². The van der Waals surface area contributed by atoms with Gasteiger partial charge >= 0.3 is 18.0 Å². The maximum Gasteiger partial charge on any atom is 0.407 e. The van der Waals surface area contributed by atoms with Crippen molar-refractivity contribution in [1.82, 2.24) is 24.8 Å². The van der Waals surface area contributed by atoms with Crippen LogP contribution in [0.5, 0.6) is 5.75 Å². The van der Waals surface area contributed by atoms with Gasteiger partial charge in [-0.15, -0.1) is 0 Å². The Balaban J connectivity index is 1.12. The molecule has 2 fully saturated rings. The molecule has 2 aromatic carbocycles. The molecule has 1 amide bonds. The van der Waals surface area contributed by atoms with Gasteiger partial charge in [0.05, 0.1) is 19.0 Å². The number of hydrogen-bond donors (Lipinski definition) is 2. The Hall–Kier alpha value is -5.12. The second kappa shape index (κ2) is 14.2. The smallest absolute Gasteiger partial charge is 0.407 e. The maximum absolute atomic E-state index is 12.6. The number of rotatable bonds is 11. The molecule has 0 spiro atoms. The molecule has 2 aromatic heterocycles. The fourth-order valence-electron chi connectivity index (χ4n) is 5.74. The van der Waals surface area contributed by atoms with Gasteiger partial charge in [-0.2, -0.15) is 0 Å². The summed E-state index contributed by atoms with van der Waals surface area (Å²) < 4.78 is 36.2. The van der Waals surface area contributed by atoms with E-state index >= 15 is 0 Å². The van der Waals surface area contributed by atoms with Crippen LogP contribution in [-0.4, -0.2) is 81.4 Å². The average molecular weight is 675 g/mol. The van der Waals surface area contributed by atoms with Gasteiger partial charge < -0.3 is 39.1 Å². The minimum absolute atomic E-state index is 0.159. The van der Waals surface area contributed by atoms with Crippen molar-refractivity contribution < 1.29 is 42.8 Å². The van der Waals surface area contributed by atoms with Gasteiger partial charge in [-0.05, 0) is 49.6 Å². The highest BCUT2D eigenvalue weighted by atomic mass is 16.8. The number of carbonyl (C=O) groups is 3. The van der Waals surface area contributed by atoms with Crippen LogP contribution in [0.15, 0.2) is 67.3 Å². The van der Waals surface area contributed by atoms with Crippen LogP contribution in [0.3, 0.4) is 0 Å². The van der Waals surface area contributed by atoms with Gasteiger partial charge in [0, 0.05) is 6.54 Å². The summed E-state index contributed by atoms with van der Waals surface area (Å²) in [5, 5.41) is 5.86. The summed E-state index contributed by atoms with van der Waals surface area (Å²) in [5.74, 6) is -1.19. The lowest BCUT2D eigenvalue weighted by Gasteiger charge is -2.25. The number of ether oxygens (including phenoxy) is 6. The second-order valence-corrected chi connectivity index (χ2v) is 12.4. The van der Waals surface area contributed by atoms with Crippen LogP contribution in [0.2, 0.25) is 0 Å². The number of nitrogens with one attached hydrogen (secondary N) is 2. The fourth-order valence-corrected chi connectivity index (χ4v) is 5.74. The van der Waals surface area contributed by atoms with Crippen molar-refractivity contribution in [2.75, 3.05) is 19.0 Å². The second-order valence-electron chi connectivity index (χ2n) is 12.4. The third kappa shape index (κ3) is 7.48. The summed E-state index contributed by atoms with van der Waals surface area (Å²) in [6.45, 7) is 7.42. The number of alkyl carbamates (subject to hydrolysis) is 1. The zero-order chi connectivity index (χ0) is 34.7. The van der Waals surface area contributed by atoms with Gasteiger partial charge in [-0.1, -0.05) is 44.2 Å². The molecule has 258 valence electrons. The number of hydrogen-bond acceptors (Lipinski definition) is 13. The van der Waals surface area contributed by atoms with E-state index in [1.54, 1.807) is 75.0 Å². The fraction of sp³-hybridized carbons (Fsp3) is 0.412. The van der Waals surface area contributed by atoms with Crippen molar-refractivity contribution in [3.05, 3.63) is 78.4 Å². The summed E-state index contributed by atoms with van der Waals surface area (Å²) in [6, 6.07) is 15.1. The molecule has 6 rings (SSSR count).